The first kappa shape index (κ1) is 37.2. The summed E-state index contributed by atoms with van der Waals surface area (Å²) in [7, 11) is 0. The van der Waals surface area contributed by atoms with Gasteiger partial charge in [-0.3, -0.25) is 0 Å². The molecule has 0 heteroatoms. The second-order valence-corrected chi connectivity index (χ2v) is 1.000. The van der Waals surface area contributed by atoms with Gasteiger partial charge in [0.25, 0.3) is 0 Å². The zero-order valence-corrected chi connectivity index (χ0v) is 12.8. The summed E-state index contributed by atoms with van der Waals surface area (Å²) in [5.74, 6) is 0. The van der Waals surface area contributed by atoms with Crippen LogP contribution in [0.1, 0.15) is 82.1 Å². The fraction of sp³-hybridized carbons (Fsp3) is 0.857. The summed E-state index contributed by atoms with van der Waals surface area (Å²) in [6.45, 7) is 26.4. The van der Waals surface area contributed by atoms with Crippen molar-refractivity contribution >= 4 is 0 Å². The van der Waals surface area contributed by atoms with Crippen molar-refractivity contribution in [3.63, 3.8) is 0 Å². The molecule has 0 aromatic rings. The van der Waals surface area contributed by atoms with E-state index in [-0.39, 0.29) is 0 Å². The van der Waals surface area contributed by atoms with E-state index in [9.17, 15) is 0 Å². The molecule has 0 atom stereocenters. The van der Waals surface area contributed by atoms with Gasteiger partial charge in [0.1, 0.15) is 0 Å². The Kier molecular flexibility index (Phi) is 1540. The van der Waals surface area contributed by atoms with Crippen LogP contribution in [-0.2, 0) is 0 Å². The molecule has 0 fully saturated rings. The summed E-state index contributed by atoms with van der Waals surface area (Å²) in [6, 6.07) is 0. The van der Waals surface area contributed by atoms with E-state index in [1.165, 1.54) is 12.8 Å². The first-order valence-electron chi connectivity index (χ1n) is 6.41. The third-order valence-corrected chi connectivity index (χ3v) is 0.500. The predicted octanol–water partition coefficient (Wildman–Crippen LogP) is 6.71. The summed E-state index contributed by atoms with van der Waals surface area (Å²) >= 11 is 0. The zero-order chi connectivity index (χ0) is 13.4. The molecule has 0 aliphatic heterocycles. The molecule has 0 saturated heterocycles. The fourth-order valence-electron chi connectivity index (χ4n) is 0. The van der Waals surface area contributed by atoms with Gasteiger partial charge < -0.3 is 0 Å². The van der Waals surface area contributed by atoms with Gasteiger partial charge in [-0.1, -0.05) is 82.1 Å². The average molecular weight is 206 g/mol. The zero-order valence-electron chi connectivity index (χ0n) is 12.8. The van der Waals surface area contributed by atoms with Crippen LogP contribution < -0.4 is 0 Å². The monoisotopic (exact) mass is 206 g/mol. The van der Waals surface area contributed by atoms with E-state index < -0.39 is 0 Å². The molecular weight excluding hydrogens is 168 g/mol. The molecule has 0 rings (SSSR count). The van der Waals surface area contributed by atoms with Crippen molar-refractivity contribution in [1.82, 2.24) is 0 Å². The van der Waals surface area contributed by atoms with Crippen LogP contribution in [0.2, 0.25) is 0 Å². The van der Waals surface area contributed by atoms with Gasteiger partial charge in [-0.05, 0) is 0 Å². The van der Waals surface area contributed by atoms with E-state index in [1.807, 2.05) is 55.4 Å². The van der Waals surface area contributed by atoms with Gasteiger partial charge in [0.2, 0.25) is 0 Å². The molecular formula is C14H38. The SMILES string of the molecule is C=C.CC.CC.CC.CC.CCCC. The molecule has 0 aliphatic rings. The summed E-state index contributed by atoms with van der Waals surface area (Å²) in [4.78, 5) is 0. The summed E-state index contributed by atoms with van der Waals surface area (Å²) in [6.07, 6.45) is 2.64. The standard InChI is InChI=1S/C4H10.4C2H6.C2H4/c1-3-4-2;5*1-2/h3-4H2,1-2H3;4*1-2H3;1-2H2. The molecule has 0 bridgehead atoms. The second-order valence-electron chi connectivity index (χ2n) is 1.000. The normalized spacial score (nSPS) is 4.14. The Morgan fingerprint density at radius 3 is 0.571 bits per heavy atom. The Labute approximate surface area is 95.8 Å². The Morgan fingerprint density at radius 2 is 0.571 bits per heavy atom. The van der Waals surface area contributed by atoms with Crippen LogP contribution in [0.3, 0.4) is 0 Å². The van der Waals surface area contributed by atoms with Crippen LogP contribution in [0.15, 0.2) is 13.2 Å². The number of hydrogen-bond acceptors (Lipinski definition) is 0. The topological polar surface area (TPSA) is 0 Å². The van der Waals surface area contributed by atoms with Gasteiger partial charge in [0, 0.05) is 0 Å². The molecule has 0 nitrogen and oxygen atoms in total. The first-order chi connectivity index (χ1) is 6.91. The minimum atomic E-state index is 1.32. The minimum absolute atomic E-state index is 1.32. The van der Waals surface area contributed by atoms with Crippen LogP contribution in [0.5, 0.6) is 0 Å². The molecule has 0 aromatic carbocycles. The molecule has 0 radical (unpaired) electrons. The third kappa shape index (κ3) is 2470. The summed E-state index contributed by atoms with van der Waals surface area (Å²) in [5.41, 5.74) is 0. The Bertz CT molecular complexity index is 7.51. The van der Waals surface area contributed by atoms with Gasteiger partial charge in [-0.15, -0.1) is 13.2 Å². The van der Waals surface area contributed by atoms with Crippen LogP contribution in [0.4, 0.5) is 0 Å². The van der Waals surface area contributed by atoms with E-state index >= 15 is 0 Å². The van der Waals surface area contributed by atoms with Crippen LogP contribution in [-0.4, -0.2) is 0 Å². The lowest BCUT2D eigenvalue weighted by Crippen LogP contribution is -1.47. The first-order valence-corrected chi connectivity index (χ1v) is 6.41. The predicted molar refractivity (Wildman–Crippen MR) is 77.2 cm³/mol. The molecule has 14 heavy (non-hydrogen) atoms. The van der Waals surface area contributed by atoms with Gasteiger partial charge in [0.15, 0.2) is 0 Å². The molecule has 0 spiro atoms. The van der Waals surface area contributed by atoms with Crippen molar-refractivity contribution in [3.8, 4) is 0 Å². The van der Waals surface area contributed by atoms with Crippen molar-refractivity contribution in [3.05, 3.63) is 13.2 Å². The van der Waals surface area contributed by atoms with Gasteiger partial charge in [0.05, 0.1) is 0 Å². The van der Waals surface area contributed by atoms with E-state index in [1.54, 1.807) is 0 Å². The van der Waals surface area contributed by atoms with E-state index in [0.717, 1.165) is 0 Å². The lowest BCUT2D eigenvalue weighted by Gasteiger charge is -1.68. The highest BCUT2D eigenvalue weighted by atomic mass is 13.6. The fourth-order valence-corrected chi connectivity index (χ4v) is 0. The largest absolute Gasteiger partial charge is 0.106 e. The van der Waals surface area contributed by atoms with Gasteiger partial charge in [-0.2, -0.15) is 0 Å². The molecule has 0 amide bonds. The van der Waals surface area contributed by atoms with Crippen molar-refractivity contribution in [2.24, 2.45) is 0 Å². The van der Waals surface area contributed by atoms with Crippen molar-refractivity contribution in [2.75, 3.05) is 0 Å². The number of unbranched alkanes of at least 4 members (excludes halogenated alkanes) is 1. The minimum Gasteiger partial charge on any atom is -0.106 e. The highest BCUT2D eigenvalue weighted by Gasteiger charge is 1.56. The van der Waals surface area contributed by atoms with E-state index in [2.05, 4.69) is 27.0 Å². The molecule has 94 valence electrons. The summed E-state index contributed by atoms with van der Waals surface area (Å²) < 4.78 is 0. The average Bonchev–Trinajstić information content (AvgIpc) is 2.41. The molecule has 0 heterocycles. The van der Waals surface area contributed by atoms with Gasteiger partial charge >= 0.3 is 0 Å². The smallest absolute Gasteiger partial charge is 0.0564 e. The Morgan fingerprint density at radius 1 is 0.500 bits per heavy atom. The van der Waals surface area contributed by atoms with Crippen molar-refractivity contribution < 1.29 is 0 Å². The highest BCUT2D eigenvalue weighted by molar-refractivity contribution is 4.22. The van der Waals surface area contributed by atoms with E-state index in [0.29, 0.717) is 0 Å². The lowest BCUT2D eigenvalue weighted by molar-refractivity contribution is 0.886. The second kappa shape index (κ2) is 580. The highest BCUT2D eigenvalue weighted by Crippen LogP contribution is 1.76. The third-order valence-electron chi connectivity index (χ3n) is 0.500. The van der Waals surface area contributed by atoms with Crippen molar-refractivity contribution in [1.29, 1.82) is 0 Å². The maximum atomic E-state index is 3.00. The Hall–Kier alpha value is -0.260. The lowest BCUT2D eigenvalue weighted by atomic mass is 10.4. The quantitative estimate of drug-likeness (QED) is 0.418. The van der Waals surface area contributed by atoms with Crippen LogP contribution >= 0.6 is 0 Å². The maximum Gasteiger partial charge on any atom is -0.0564 e. The van der Waals surface area contributed by atoms with E-state index in [4.69, 9.17) is 0 Å². The van der Waals surface area contributed by atoms with Gasteiger partial charge in [-0.25, -0.2) is 0 Å². The number of rotatable bonds is 1. The maximum absolute atomic E-state index is 3.00. The summed E-state index contributed by atoms with van der Waals surface area (Å²) in [5, 5.41) is 0. The number of hydrogen-bond donors (Lipinski definition) is 0. The van der Waals surface area contributed by atoms with Crippen LogP contribution in [0, 0.1) is 0 Å². The molecule has 0 N–H and O–H groups in total. The molecule has 0 aromatic heterocycles. The Balaban J connectivity index is -0.0000000143. The van der Waals surface area contributed by atoms with Crippen LogP contribution in [0.25, 0.3) is 0 Å². The molecule has 0 saturated carbocycles. The molecule has 0 unspecified atom stereocenters. The van der Waals surface area contributed by atoms with Crippen molar-refractivity contribution in [2.45, 2.75) is 82.1 Å². The molecule has 0 aliphatic carbocycles.